The van der Waals surface area contributed by atoms with Crippen molar-refractivity contribution in [2.24, 2.45) is 0 Å². The summed E-state index contributed by atoms with van der Waals surface area (Å²) in [6.45, 7) is 0.526. The molecule has 1 saturated carbocycles. The van der Waals surface area contributed by atoms with Crippen molar-refractivity contribution in [2.75, 3.05) is 20.2 Å². The number of amides is 2. The van der Waals surface area contributed by atoms with Gasteiger partial charge >= 0.3 is 12.1 Å². The van der Waals surface area contributed by atoms with Crippen LogP contribution >= 0.6 is 0 Å². The topological polar surface area (TPSA) is 95.9 Å². The Morgan fingerprint density at radius 2 is 1.61 bits per heavy atom. The van der Waals surface area contributed by atoms with Crippen LogP contribution in [0, 0.1) is 0 Å². The van der Waals surface area contributed by atoms with E-state index in [2.05, 4.69) is 29.6 Å². The van der Waals surface area contributed by atoms with Gasteiger partial charge in [0.25, 0.3) is 0 Å². The van der Waals surface area contributed by atoms with Crippen molar-refractivity contribution in [1.82, 2.24) is 10.2 Å². The predicted molar refractivity (Wildman–Crippen MR) is 124 cm³/mol. The quantitative estimate of drug-likeness (QED) is 0.630. The van der Waals surface area contributed by atoms with Crippen LogP contribution in [-0.2, 0) is 14.3 Å². The zero-order valence-electron chi connectivity index (χ0n) is 18.9. The summed E-state index contributed by atoms with van der Waals surface area (Å²) >= 11 is 0. The van der Waals surface area contributed by atoms with Gasteiger partial charge in [0.15, 0.2) is 0 Å². The first-order valence-electron chi connectivity index (χ1n) is 11.5. The van der Waals surface area contributed by atoms with Crippen LogP contribution < -0.4 is 5.32 Å². The second-order valence-electron chi connectivity index (χ2n) is 8.96. The summed E-state index contributed by atoms with van der Waals surface area (Å²) in [5, 5.41) is 11.7. The van der Waals surface area contributed by atoms with Gasteiger partial charge in [-0.2, -0.15) is 0 Å². The van der Waals surface area contributed by atoms with Gasteiger partial charge in [0.05, 0.1) is 0 Å². The molecule has 0 unspecified atom stereocenters. The van der Waals surface area contributed by atoms with E-state index in [-0.39, 0.29) is 24.9 Å². The molecule has 0 spiro atoms. The Morgan fingerprint density at radius 3 is 2.18 bits per heavy atom. The van der Waals surface area contributed by atoms with Gasteiger partial charge in [0, 0.05) is 25.9 Å². The molecule has 2 amide bonds. The van der Waals surface area contributed by atoms with Gasteiger partial charge < -0.3 is 20.1 Å². The van der Waals surface area contributed by atoms with Crippen LogP contribution in [0.4, 0.5) is 4.79 Å². The molecule has 7 heteroatoms. The second-order valence-corrected chi connectivity index (χ2v) is 8.96. The number of aliphatic carboxylic acids is 1. The molecule has 0 bridgehead atoms. The zero-order chi connectivity index (χ0) is 23.4. The minimum absolute atomic E-state index is 0.00439. The lowest BCUT2D eigenvalue weighted by Crippen LogP contribution is -2.57. The van der Waals surface area contributed by atoms with Gasteiger partial charge in [-0.1, -0.05) is 61.4 Å². The number of ether oxygens (including phenoxy) is 1. The van der Waals surface area contributed by atoms with E-state index in [0.717, 1.165) is 35.1 Å². The largest absolute Gasteiger partial charge is 0.481 e. The lowest BCUT2D eigenvalue weighted by Gasteiger charge is -2.33. The monoisotopic (exact) mass is 450 g/mol. The van der Waals surface area contributed by atoms with Gasteiger partial charge in [-0.05, 0) is 41.5 Å². The number of hydrogen-bond donors (Lipinski definition) is 2. The molecule has 33 heavy (non-hydrogen) atoms. The van der Waals surface area contributed by atoms with Crippen LogP contribution in [0.5, 0.6) is 0 Å². The molecule has 1 fully saturated rings. The van der Waals surface area contributed by atoms with Crippen molar-refractivity contribution in [2.45, 2.75) is 50.0 Å². The normalized spacial score (nSPS) is 16.0. The number of alkyl carbamates (subject to hydrolysis) is 1. The van der Waals surface area contributed by atoms with Crippen LogP contribution in [0.3, 0.4) is 0 Å². The third-order valence-corrected chi connectivity index (χ3v) is 6.78. The lowest BCUT2D eigenvalue weighted by atomic mass is 9.95. The van der Waals surface area contributed by atoms with Crippen LogP contribution in [0.1, 0.15) is 55.6 Å². The maximum atomic E-state index is 13.2. The van der Waals surface area contributed by atoms with Crippen molar-refractivity contribution < 1.29 is 24.2 Å². The maximum Gasteiger partial charge on any atom is 0.408 e. The number of nitrogens with zero attached hydrogens (tertiary/aromatic N) is 1. The molecule has 0 aromatic heterocycles. The summed E-state index contributed by atoms with van der Waals surface area (Å²) < 4.78 is 5.67. The fourth-order valence-electron chi connectivity index (χ4n) is 5.14. The van der Waals surface area contributed by atoms with Gasteiger partial charge in [-0.3, -0.25) is 9.59 Å². The van der Waals surface area contributed by atoms with Crippen molar-refractivity contribution in [3.8, 4) is 11.1 Å². The smallest absolute Gasteiger partial charge is 0.408 e. The van der Waals surface area contributed by atoms with E-state index in [4.69, 9.17) is 9.84 Å². The van der Waals surface area contributed by atoms with E-state index in [1.807, 2.05) is 24.3 Å². The van der Waals surface area contributed by atoms with Gasteiger partial charge in [-0.15, -0.1) is 0 Å². The molecule has 0 atom stereocenters. The Hall–Kier alpha value is -3.35. The van der Waals surface area contributed by atoms with Crippen molar-refractivity contribution in [3.63, 3.8) is 0 Å². The van der Waals surface area contributed by atoms with E-state index < -0.39 is 17.6 Å². The summed E-state index contributed by atoms with van der Waals surface area (Å²) in [7, 11) is 1.66. The highest BCUT2D eigenvalue weighted by Gasteiger charge is 2.44. The standard InChI is InChI=1S/C26H30N2O5/c1-28(16-8-13-23(29)30)24(31)26(14-6-7-15-26)27-25(32)33-17-22-20-11-4-2-9-18(20)19-10-3-5-12-21(19)22/h2-5,9-12,22H,6-8,13-17H2,1H3,(H,27,32)(H,29,30). The Balaban J connectivity index is 1.41. The predicted octanol–water partition coefficient (Wildman–Crippen LogP) is 4.16. The number of likely N-dealkylation sites (N-methyl/N-ethyl adjacent to an activating group) is 1. The number of carbonyl (C=O) groups is 3. The number of rotatable bonds is 8. The van der Waals surface area contributed by atoms with Gasteiger partial charge in [0.2, 0.25) is 5.91 Å². The van der Waals surface area contributed by atoms with Crippen LogP contribution in [0.25, 0.3) is 11.1 Å². The summed E-state index contributed by atoms with van der Waals surface area (Å²) in [4.78, 5) is 38.3. The second kappa shape index (κ2) is 9.65. The number of carbonyl (C=O) groups excluding carboxylic acids is 2. The number of hydrogen-bond acceptors (Lipinski definition) is 4. The maximum absolute atomic E-state index is 13.2. The number of fused-ring (bicyclic) bond motifs is 3. The molecule has 0 heterocycles. The average Bonchev–Trinajstić information content (AvgIpc) is 3.40. The molecule has 0 saturated heterocycles. The number of benzene rings is 2. The molecule has 0 aliphatic heterocycles. The first-order chi connectivity index (χ1) is 15.9. The van der Waals surface area contributed by atoms with Gasteiger partial charge in [0.1, 0.15) is 12.1 Å². The highest BCUT2D eigenvalue weighted by atomic mass is 16.5. The van der Waals surface area contributed by atoms with E-state index >= 15 is 0 Å². The molecule has 2 aromatic carbocycles. The van der Waals surface area contributed by atoms with Crippen LogP contribution in [-0.4, -0.2) is 53.7 Å². The SMILES string of the molecule is CN(CCCC(=O)O)C(=O)C1(NC(=O)OCC2c3ccccc3-c3ccccc32)CCCC1. The average molecular weight is 451 g/mol. The Bertz CT molecular complexity index is 999. The molecule has 2 aliphatic rings. The molecule has 0 radical (unpaired) electrons. The Kier molecular flexibility index (Phi) is 6.67. The fraction of sp³-hybridized carbons (Fsp3) is 0.423. The first-order valence-corrected chi connectivity index (χ1v) is 11.5. The molecular weight excluding hydrogens is 420 g/mol. The molecular formula is C26H30N2O5. The van der Waals surface area contributed by atoms with E-state index in [1.54, 1.807) is 7.05 Å². The van der Waals surface area contributed by atoms with Crippen molar-refractivity contribution >= 4 is 18.0 Å². The molecule has 7 nitrogen and oxygen atoms in total. The number of nitrogens with one attached hydrogen (secondary N) is 1. The van der Waals surface area contributed by atoms with Crippen molar-refractivity contribution in [3.05, 3.63) is 59.7 Å². The van der Waals surface area contributed by atoms with Gasteiger partial charge in [-0.25, -0.2) is 4.79 Å². The first kappa shape index (κ1) is 22.8. The number of carboxylic acid groups (broad SMARTS) is 1. The highest BCUT2D eigenvalue weighted by Crippen LogP contribution is 2.44. The van der Waals surface area contributed by atoms with E-state index in [0.29, 0.717) is 25.8 Å². The van der Waals surface area contributed by atoms with E-state index in [9.17, 15) is 14.4 Å². The third kappa shape index (κ3) is 4.72. The lowest BCUT2D eigenvalue weighted by molar-refractivity contribution is -0.139. The fourth-order valence-corrected chi connectivity index (χ4v) is 5.14. The molecule has 2 aromatic rings. The molecule has 174 valence electrons. The summed E-state index contributed by atoms with van der Waals surface area (Å²) in [6.07, 6.45) is 2.59. The van der Waals surface area contributed by atoms with Crippen LogP contribution in [0.2, 0.25) is 0 Å². The Labute approximate surface area is 193 Å². The van der Waals surface area contributed by atoms with E-state index in [1.165, 1.54) is 4.90 Å². The molecule has 4 rings (SSSR count). The van der Waals surface area contributed by atoms with Crippen molar-refractivity contribution in [1.29, 1.82) is 0 Å². The molecule has 2 N–H and O–H groups in total. The molecule has 2 aliphatic carbocycles. The highest BCUT2D eigenvalue weighted by molar-refractivity contribution is 5.90. The Morgan fingerprint density at radius 1 is 1.03 bits per heavy atom. The summed E-state index contributed by atoms with van der Waals surface area (Å²) in [5.41, 5.74) is 3.60. The summed E-state index contributed by atoms with van der Waals surface area (Å²) in [6, 6.07) is 16.3. The zero-order valence-corrected chi connectivity index (χ0v) is 18.9. The third-order valence-electron chi connectivity index (χ3n) is 6.78. The minimum atomic E-state index is -0.986. The number of carboxylic acids is 1. The van der Waals surface area contributed by atoms with Crippen LogP contribution in [0.15, 0.2) is 48.5 Å². The summed E-state index contributed by atoms with van der Waals surface area (Å²) in [5.74, 6) is -1.11. The minimum Gasteiger partial charge on any atom is -0.481 e.